The molecule has 0 saturated carbocycles. The van der Waals surface area contributed by atoms with Gasteiger partial charge in [-0.15, -0.1) is 0 Å². The summed E-state index contributed by atoms with van der Waals surface area (Å²) >= 11 is 0. The average Bonchev–Trinajstić information content (AvgIpc) is 3.27. The van der Waals surface area contributed by atoms with Crippen LogP contribution in [-0.2, 0) is 19.4 Å². The van der Waals surface area contributed by atoms with Crippen molar-refractivity contribution in [1.82, 2.24) is 14.9 Å². The van der Waals surface area contributed by atoms with Crippen molar-refractivity contribution in [3.63, 3.8) is 0 Å². The van der Waals surface area contributed by atoms with Crippen molar-refractivity contribution >= 4 is 0 Å². The predicted octanol–water partition coefficient (Wildman–Crippen LogP) is 3.51. The van der Waals surface area contributed by atoms with Crippen LogP contribution in [0.3, 0.4) is 0 Å². The van der Waals surface area contributed by atoms with Crippen molar-refractivity contribution in [2.24, 2.45) is 0 Å². The molecule has 2 aliphatic rings. The van der Waals surface area contributed by atoms with Crippen molar-refractivity contribution in [2.45, 2.75) is 51.1 Å². The third-order valence-corrected chi connectivity index (χ3v) is 5.42. The molecule has 130 valence electrons. The first-order valence-electron chi connectivity index (χ1n) is 9.17. The molecule has 0 spiro atoms. The van der Waals surface area contributed by atoms with Gasteiger partial charge in [0.05, 0.1) is 24.4 Å². The summed E-state index contributed by atoms with van der Waals surface area (Å²) in [4.78, 5) is 11.0. The molecule has 1 atom stereocenters. The Morgan fingerprint density at radius 1 is 1.32 bits per heavy atom. The normalized spacial score (nSPS) is 20.2. The zero-order chi connectivity index (χ0) is 17.2. The Labute approximate surface area is 148 Å². The van der Waals surface area contributed by atoms with Crippen LogP contribution in [0.1, 0.15) is 60.1 Å². The van der Waals surface area contributed by atoms with Crippen molar-refractivity contribution in [3.8, 4) is 11.8 Å². The van der Waals surface area contributed by atoms with E-state index in [1.165, 1.54) is 30.7 Å². The molecule has 1 aromatic heterocycles. The lowest BCUT2D eigenvalue weighted by molar-refractivity contribution is 0.240. The number of aromatic nitrogens is 2. The summed E-state index contributed by atoms with van der Waals surface area (Å²) in [5.74, 6) is 1.78. The van der Waals surface area contributed by atoms with Crippen LogP contribution >= 0.6 is 0 Å². The number of nitrogens with one attached hydrogen (secondary N) is 1. The van der Waals surface area contributed by atoms with Crippen LogP contribution in [0.2, 0.25) is 0 Å². The Morgan fingerprint density at radius 3 is 3.00 bits per heavy atom. The van der Waals surface area contributed by atoms with Crippen molar-refractivity contribution in [1.29, 1.82) is 5.26 Å². The number of rotatable bonds is 4. The van der Waals surface area contributed by atoms with Gasteiger partial charge in [0, 0.05) is 12.2 Å². The smallest absolute Gasteiger partial charge is 0.136 e. The minimum Gasteiger partial charge on any atom is -0.495 e. The second-order valence-corrected chi connectivity index (χ2v) is 7.03. The summed E-state index contributed by atoms with van der Waals surface area (Å²) in [6.45, 7) is 1.92. The number of aromatic amines is 1. The number of hydrogen-bond acceptors (Lipinski definition) is 4. The number of fused-ring (bicyclic) bond motifs is 1. The molecule has 5 heteroatoms. The fourth-order valence-electron chi connectivity index (χ4n) is 4.13. The third-order valence-electron chi connectivity index (χ3n) is 5.42. The minimum atomic E-state index is 0.359. The third kappa shape index (κ3) is 3.14. The van der Waals surface area contributed by atoms with E-state index >= 15 is 0 Å². The summed E-state index contributed by atoms with van der Waals surface area (Å²) in [5.41, 5.74) is 4.39. The number of imidazole rings is 1. The van der Waals surface area contributed by atoms with E-state index in [-0.39, 0.29) is 0 Å². The Balaban J connectivity index is 1.54. The summed E-state index contributed by atoms with van der Waals surface area (Å²) in [6, 6.07) is 8.48. The molecule has 1 aliphatic heterocycles. The van der Waals surface area contributed by atoms with Crippen molar-refractivity contribution in [2.75, 3.05) is 13.7 Å². The fraction of sp³-hybridized carbons (Fsp3) is 0.500. The van der Waals surface area contributed by atoms with Gasteiger partial charge in [-0.25, -0.2) is 4.98 Å². The lowest BCUT2D eigenvalue weighted by Gasteiger charge is -2.23. The van der Waals surface area contributed by atoms with E-state index in [0.717, 1.165) is 43.7 Å². The molecule has 2 heterocycles. The minimum absolute atomic E-state index is 0.359. The number of benzene rings is 1. The van der Waals surface area contributed by atoms with Gasteiger partial charge in [-0.05, 0) is 62.8 Å². The topological polar surface area (TPSA) is 64.9 Å². The highest BCUT2D eigenvalue weighted by molar-refractivity contribution is 5.45. The summed E-state index contributed by atoms with van der Waals surface area (Å²) in [6.07, 6.45) is 7.12. The lowest BCUT2D eigenvalue weighted by Crippen LogP contribution is -2.23. The maximum absolute atomic E-state index is 9.30. The molecule has 4 rings (SSSR count). The van der Waals surface area contributed by atoms with Crippen LogP contribution in [0.25, 0.3) is 0 Å². The highest BCUT2D eigenvalue weighted by atomic mass is 16.5. The zero-order valence-corrected chi connectivity index (χ0v) is 14.7. The Bertz CT molecular complexity index is 781. The summed E-state index contributed by atoms with van der Waals surface area (Å²) in [7, 11) is 1.60. The number of H-pyrrole nitrogens is 1. The van der Waals surface area contributed by atoms with Crippen molar-refractivity contribution < 1.29 is 4.74 Å². The number of aryl methyl sites for hydroxylation is 2. The van der Waals surface area contributed by atoms with Gasteiger partial charge < -0.3 is 9.72 Å². The Hall–Kier alpha value is -2.32. The van der Waals surface area contributed by atoms with E-state index in [1.54, 1.807) is 7.11 Å². The van der Waals surface area contributed by atoms with Gasteiger partial charge in [0.15, 0.2) is 0 Å². The molecule has 1 aromatic carbocycles. The molecular weight excluding hydrogens is 312 g/mol. The second kappa shape index (κ2) is 6.89. The van der Waals surface area contributed by atoms with Crippen LogP contribution in [0, 0.1) is 11.3 Å². The number of likely N-dealkylation sites (tertiary alicyclic amines) is 1. The molecule has 0 unspecified atom stereocenters. The van der Waals surface area contributed by atoms with E-state index in [9.17, 15) is 5.26 Å². The van der Waals surface area contributed by atoms with Crippen LogP contribution in [0.4, 0.5) is 0 Å². The van der Waals surface area contributed by atoms with Crippen molar-refractivity contribution in [3.05, 3.63) is 46.5 Å². The molecule has 1 aliphatic carbocycles. The summed E-state index contributed by atoms with van der Waals surface area (Å²) in [5, 5.41) is 9.30. The maximum atomic E-state index is 9.30. The number of nitriles is 1. The maximum Gasteiger partial charge on any atom is 0.136 e. The quantitative estimate of drug-likeness (QED) is 0.928. The number of nitrogens with zero attached hydrogens (tertiary/aromatic N) is 3. The molecule has 1 saturated heterocycles. The zero-order valence-electron chi connectivity index (χ0n) is 14.7. The fourth-order valence-corrected chi connectivity index (χ4v) is 4.13. The van der Waals surface area contributed by atoms with E-state index in [0.29, 0.717) is 17.4 Å². The monoisotopic (exact) mass is 336 g/mol. The van der Waals surface area contributed by atoms with Gasteiger partial charge in [-0.2, -0.15) is 5.26 Å². The molecular formula is C20H24N4O. The molecule has 1 fully saturated rings. The lowest BCUT2D eigenvalue weighted by atomic mass is 10.0. The van der Waals surface area contributed by atoms with Crippen LogP contribution < -0.4 is 4.74 Å². The van der Waals surface area contributed by atoms with Gasteiger partial charge in [-0.3, -0.25) is 4.90 Å². The average molecular weight is 336 g/mol. The number of ether oxygens (including phenoxy) is 1. The first-order valence-corrected chi connectivity index (χ1v) is 9.17. The molecule has 0 radical (unpaired) electrons. The number of methoxy groups -OCH3 is 1. The Morgan fingerprint density at radius 2 is 2.20 bits per heavy atom. The van der Waals surface area contributed by atoms with Gasteiger partial charge in [-0.1, -0.05) is 6.07 Å². The number of hydrogen-bond donors (Lipinski definition) is 1. The van der Waals surface area contributed by atoms with E-state index in [2.05, 4.69) is 22.0 Å². The van der Waals surface area contributed by atoms with Crippen LogP contribution in [-0.4, -0.2) is 28.5 Å². The Kier molecular flexibility index (Phi) is 4.46. The highest BCUT2D eigenvalue weighted by Crippen LogP contribution is 2.33. The second-order valence-electron chi connectivity index (χ2n) is 7.03. The molecule has 25 heavy (non-hydrogen) atoms. The van der Waals surface area contributed by atoms with Gasteiger partial charge in [0.2, 0.25) is 0 Å². The molecule has 1 N–H and O–H groups in total. The largest absolute Gasteiger partial charge is 0.495 e. The van der Waals surface area contributed by atoms with E-state index < -0.39 is 0 Å². The molecule has 0 bridgehead atoms. The van der Waals surface area contributed by atoms with Crippen LogP contribution in [0.5, 0.6) is 5.75 Å². The van der Waals surface area contributed by atoms with E-state index in [4.69, 9.17) is 9.72 Å². The predicted molar refractivity (Wildman–Crippen MR) is 95.3 cm³/mol. The molecule has 5 nitrogen and oxygen atoms in total. The van der Waals surface area contributed by atoms with Gasteiger partial charge in [0.25, 0.3) is 0 Å². The van der Waals surface area contributed by atoms with Crippen LogP contribution in [0.15, 0.2) is 18.2 Å². The first kappa shape index (κ1) is 16.2. The van der Waals surface area contributed by atoms with E-state index in [1.807, 2.05) is 12.1 Å². The highest BCUT2D eigenvalue weighted by Gasteiger charge is 2.29. The molecule has 0 amide bonds. The summed E-state index contributed by atoms with van der Waals surface area (Å²) < 4.78 is 5.25. The SMILES string of the molecule is COc1ccc(CN2CCC[C@H]2c2nc3c([nH]2)CCCC3)cc1C#N. The molecule has 2 aromatic rings. The first-order chi connectivity index (χ1) is 12.3. The van der Waals surface area contributed by atoms with Gasteiger partial charge in [0.1, 0.15) is 17.6 Å². The van der Waals surface area contributed by atoms with Gasteiger partial charge >= 0.3 is 0 Å². The standard InChI is InChI=1S/C20H24N4O/c1-25-19-9-8-14(11-15(19)12-21)13-24-10-4-7-18(24)20-22-16-5-2-3-6-17(16)23-20/h8-9,11,18H,2-7,10,13H2,1H3,(H,22,23)/t18-/m0/s1.